The van der Waals surface area contributed by atoms with Gasteiger partial charge in [0.2, 0.25) is 5.91 Å². The molecule has 1 atom stereocenters. The highest BCUT2D eigenvalue weighted by Crippen LogP contribution is 2.35. The molecular formula is C20H22Cl2N4O. The van der Waals surface area contributed by atoms with Crippen LogP contribution in [-0.4, -0.2) is 35.4 Å². The van der Waals surface area contributed by atoms with Gasteiger partial charge in [0.15, 0.2) is 0 Å². The summed E-state index contributed by atoms with van der Waals surface area (Å²) in [5, 5.41) is 5.59. The number of halogens is 2. The van der Waals surface area contributed by atoms with Crippen LogP contribution in [0.3, 0.4) is 0 Å². The molecule has 7 heteroatoms. The van der Waals surface area contributed by atoms with Crippen molar-refractivity contribution in [3.05, 3.63) is 57.4 Å². The molecule has 0 saturated carbocycles. The molecule has 4 N–H and O–H groups in total. The highest BCUT2D eigenvalue weighted by molar-refractivity contribution is 6.31. The predicted molar refractivity (Wildman–Crippen MR) is 110 cm³/mol. The van der Waals surface area contributed by atoms with Crippen LogP contribution in [0.25, 0.3) is 10.9 Å². The van der Waals surface area contributed by atoms with Crippen LogP contribution in [0, 0.1) is 0 Å². The largest absolute Gasteiger partial charge is 0.357 e. The molecule has 0 saturated heterocycles. The predicted octanol–water partition coefficient (Wildman–Crippen LogP) is 3.60. The zero-order valence-electron chi connectivity index (χ0n) is 14.9. The van der Waals surface area contributed by atoms with Crippen molar-refractivity contribution in [1.29, 1.82) is 0 Å². The quantitative estimate of drug-likeness (QED) is 0.728. The van der Waals surface area contributed by atoms with Gasteiger partial charge in [0.25, 0.3) is 0 Å². The second-order valence-corrected chi connectivity index (χ2v) is 7.94. The first-order chi connectivity index (χ1) is 13.0. The molecule has 1 amide bonds. The van der Waals surface area contributed by atoms with E-state index >= 15 is 0 Å². The van der Waals surface area contributed by atoms with E-state index in [-0.39, 0.29) is 11.9 Å². The number of fused-ring (bicyclic) bond motifs is 3. The number of nitrogens with two attached hydrogens (primary N) is 1. The Kier molecular flexibility index (Phi) is 5.28. The lowest BCUT2D eigenvalue weighted by Crippen LogP contribution is -2.44. The van der Waals surface area contributed by atoms with Crippen LogP contribution < -0.4 is 11.1 Å². The lowest BCUT2D eigenvalue weighted by molar-refractivity contribution is -0.122. The van der Waals surface area contributed by atoms with Crippen molar-refractivity contribution in [3.63, 3.8) is 0 Å². The van der Waals surface area contributed by atoms with Gasteiger partial charge in [-0.3, -0.25) is 9.69 Å². The molecule has 5 nitrogen and oxygen atoms in total. The number of aromatic nitrogens is 1. The second-order valence-electron chi connectivity index (χ2n) is 7.02. The fraction of sp³-hybridized carbons (Fsp3) is 0.350. The Morgan fingerprint density at radius 2 is 2.19 bits per heavy atom. The molecule has 1 aliphatic carbocycles. The van der Waals surface area contributed by atoms with Crippen molar-refractivity contribution < 1.29 is 4.79 Å². The zero-order chi connectivity index (χ0) is 19.0. The van der Waals surface area contributed by atoms with E-state index < -0.39 is 0 Å². The molecule has 0 spiro atoms. The number of aromatic amines is 1. The van der Waals surface area contributed by atoms with Crippen molar-refractivity contribution in [3.8, 4) is 0 Å². The Hall–Kier alpha value is -1.79. The molecule has 2 aromatic rings. The number of carbonyl (C=O) groups is 1. The number of benzene rings is 1. The van der Waals surface area contributed by atoms with Crippen LogP contribution in [0.5, 0.6) is 0 Å². The average Bonchev–Trinajstić information content (AvgIpc) is 2.99. The van der Waals surface area contributed by atoms with E-state index in [2.05, 4.69) is 15.2 Å². The maximum Gasteiger partial charge on any atom is 0.238 e. The first-order valence-electron chi connectivity index (χ1n) is 9.15. The van der Waals surface area contributed by atoms with Crippen LogP contribution in [0.1, 0.15) is 30.1 Å². The van der Waals surface area contributed by atoms with Gasteiger partial charge in [0.1, 0.15) is 0 Å². The number of hydrogen-bond donors (Lipinski definition) is 3. The summed E-state index contributed by atoms with van der Waals surface area (Å²) in [6.07, 6.45) is 6.35. The van der Waals surface area contributed by atoms with Gasteiger partial charge >= 0.3 is 0 Å². The first kappa shape index (κ1) is 18.6. The molecule has 4 rings (SSSR count). The third-order valence-electron chi connectivity index (χ3n) is 5.24. The van der Waals surface area contributed by atoms with Gasteiger partial charge in [-0.1, -0.05) is 29.3 Å². The van der Waals surface area contributed by atoms with E-state index in [1.54, 1.807) is 0 Å². The SMILES string of the molecule is NCC1c2[nH]c3ccc(Cl)cc3c2CCN1CC(=O)NC1=CCCC(Cl)=C1. The fourth-order valence-electron chi connectivity index (χ4n) is 3.98. The average molecular weight is 405 g/mol. The third-order valence-corrected chi connectivity index (χ3v) is 5.77. The van der Waals surface area contributed by atoms with Crippen LogP contribution >= 0.6 is 23.2 Å². The third kappa shape index (κ3) is 3.78. The van der Waals surface area contributed by atoms with Gasteiger partial charge in [0, 0.05) is 45.4 Å². The molecule has 0 bridgehead atoms. The smallest absolute Gasteiger partial charge is 0.238 e. The van der Waals surface area contributed by atoms with Crippen molar-refractivity contribution in [2.45, 2.75) is 25.3 Å². The maximum atomic E-state index is 12.5. The molecular weight excluding hydrogens is 383 g/mol. The van der Waals surface area contributed by atoms with Crippen LogP contribution in [0.2, 0.25) is 5.02 Å². The molecule has 1 unspecified atom stereocenters. The lowest BCUT2D eigenvalue weighted by Gasteiger charge is -2.34. The number of nitrogens with one attached hydrogen (secondary N) is 2. The first-order valence-corrected chi connectivity index (χ1v) is 9.91. The van der Waals surface area contributed by atoms with Gasteiger partial charge in [-0.25, -0.2) is 0 Å². The number of hydrogen-bond acceptors (Lipinski definition) is 3. The summed E-state index contributed by atoms with van der Waals surface area (Å²) in [5.74, 6) is -0.0510. The maximum absolute atomic E-state index is 12.5. The van der Waals surface area contributed by atoms with E-state index in [1.807, 2.05) is 30.4 Å². The Balaban J connectivity index is 1.52. The molecule has 2 aliphatic rings. The number of nitrogens with zero attached hydrogens (tertiary/aromatic N) is 1. The fourth-order valence-corrected chi connectivity index (χ4v) is 4.38. The molecule has 2 heterocycles. The number of rotatable bonds is 4. The van der Waals surface area contributed by atoms with Crippen LogP contribution in [-0.2, 0) is 11.2 Å². The summed E-state index contributed by atoms with van der Waals surface area (Å²) in [6, 6.07) is 5.84. The standard InChI is InChI=1S/C20H22Cl2N4O/c21-12-2-1-3-14(8-12)24-19(27)11-26-7-6-15-16-9-13(22)4-5-17(16)25-20(15)18(26)10-23/h3-5,8-9,18,25H,1-2,6-7,10-11,23H2,(H,24,27). The lowest BCUT2D eigenvalue weighted by atomic mass is 9.97. The minimum absolute atomic E-state index is 0.0230. The van der Waals surface area contributed by atoms with Crippen LogP contribution in [0.4, 0.5) is 0 Å². The molecule has 1 aromatic heterocycles. The van der Waals surface area contributed by atoms with E-state index in [1.165, 1.54) is 5.56 Å². The van der Waals surface area contributed by atoms with Crippen molar-refractivity contribution in [1.82, 2.24) is 15.2 Å². The summed E-state index contributed by atoms with van der Waals surface area (Å²) in [4.78, 5) is 18.2. The number of carbonyl (C=O) groups excluding carboxylic acids is 1. The van der Waals surface area contributed by atoms with E-state index in [0.29, 0.717) is 13.1 Å². The van der Waals surface area contributed by atoms with E-state index in [4.69, 9.17) is 28.9 Å². The van der Waals surface area contributed by atoms with Crippen molar-refractivity contribution >= 4 is 40.0 Å². The van der Waals surface area contributed by atoms with Gasteiger partial charge < -0.3 is 16.0 Å². The van der Waals surface area contributed by atoms with Crippen molar-refractivity contribution in [2.75, 3.05) is 19.6 Å². The topological polar surface area (TPSA) is 74.2 Å². The zero-order valence-corrected chi connectivity index (χ0v) is 16.4. The number of amides is 1. The highest BCUT2D eigenvalue weighted by atomic mass is 35.5. The minimum Gasteiger partial charge on any atom is -0.357 e. The molecule has 1 aromatic carbocycles. The Morgan fingerprint density at radius 1 is 1.33 bits per heavy atom. The summed E-state index contributed by atoms with van der Waals surface area (Å²) in [6.45, 7) is 1.51. The number of H-pyrrole nitrogens is 1. The van der Waals surface area contributed by atoms with E-state index in [0.717, 1.165) is 58.2 Å². The van der Waals surface area contributed by atoms with Crippen LogP contribution in [0.15, 0.2) is 41.1 Å². The summed E-state index contributed by atoms with van der Waals surface area (Å²) in [7, 11) is 0. The van der Waals surface area contributed by atoms with Crippen molar-refractivity contribution in [2.24, 2.45) is 5.73 Å². The highest BCUT2D eigenvalue weighted by Gasteiger charge is 2.30. The minimum atomic E-state index is -0.0510. The van der Waals surface area contributed by atoms with Gasteiger partial charge in [-0.05, 0) is 49.1 Å². The Morgan fingerprint density at radius 3 is 2.96 bits per heavy atom. The molecule has 27 heavy (non-hydrogen) atoms. The normalized spacial score (nSPS) is 20.2. The molecule has 1 aliphatic heterocycles. The summed E-state index contributed by atoms with van der Waals surface area (Å²) >= 11 is 12.2. The second kappa shape index (κ2) is 7.68. The molecule has 0 fully saturated rings. The summed E-state index contributed by atoms with van der Waals surface area (Å²) < 4.78 is 0. The summed E-state index contributed by atoms with van der Waals surface area (Å²) in [5.41, 5.74) is 10.3. The Bertz CT molecular complexity index is 947. The molecule has 142 valence electrons. The Labute approximate surface area is 168 Å². The van der Waals surface area contributed by atoms with Gasteiger partial charge in [-0.15, -0.1) is 0 Å². The number of allylic oxidation sites excluding steroid dienone is 3. The molecule has 0 radical (unpaired) electrons. The monoisotopic (exact) mass is 404 g/mol. The van der Waals surface area contributed by atoms with Gasteiger partial charge in [-0.2, -0.15) is 0 Å². The van der Waals surface area contributed by atoms with Gasteiger partial charge in [0.05, 0.1) is 12.6 Å². The van der Waals surface area contributed by atoms with E-state index in [9.17, 15) is 4.79 Å².